The molecule has 0 spiro atoms. The summed E-state index contributed by atoms with van der Waals surface area (Å²) in [7, 11) is 1.33. The Bertz CT molecular complexity index is 1150. The summed E-state index contributed by atoms with van der Waals surface area (Å²) in [5.74, 6) is 0.746. The molecule has 0 bridgehead atoms. The van der Waals surface area contributed by atoms with Crippen molar-refractivity contribution in [1.29, 1.82) is 0 Å². The normalized spacial score (nSPS) is 14.9. The van der Waals surface area contributed by atoms with E-state index in [2.05, 4.69) is 22.6 Å². The van der Waals surface area contributed by atoms with Crippen molar-refractivity contribution in [3.63, 3.8) is 0 Å². The maximum absolute atomic E-state index is 13.3. The largest absolute Gasteiger partial charge is 0.540 e. The number of ether oxygens (including phenoxy) is 1. The van der Waals surface area contributed by atoms with Gasteiger partial charge in [-0.2, -0.15) is 0 Å². The zero-order chi connectivity index (χ0) is 26.0. The number of benzene rings is 2. The van der Waals surface area contributed by atoms with Crippen LogP contribution < -0.4 is 14.6 Å². The van der Waals surface area contributed by atoms with Crippen LogP contribution in [0.2, 0.25) is 0 Å². The fourth-order valence-electron chi connectivity index (χ4n) is 3.47. The van der Waals surface area contributed by atoms with E-state index in [1.807, 2.05) is 42.5 Å². The SMILES string of the molecule is COc1ccc(/C=N\N(C)[P+](=S)Oc2ccc(C(NCC3=CC=CCC3)P(=O)(OC)OC)cc2)cc1. The highest BCUT2D eigenvalue weighted by Gasteiger charge is 2.35. The second-order valence-electron chi connectivity index (χ2n) is 7.89. The fraction of sp³-hybridized carbons (Fsp3) is 0.320. The molecular weight excluding hydrogens is 516 g/mol. The van der Waals surface area contributed by atoms with Crippen LogP contribution in [0, 0.1) is 0 Å². The average Bonchev–Trinajstić information content (AvgIpc) is 2.93. The maximum Gasteiger partial charge on any atom is 0.540 e. The first-order chi connectivity index (χ1) is 17.4. The zero-order valence-corrected chi connectivity index (χ0v) is 23.5. The smallest absolute Gasteiger partial charge is 0.497 e. The number of rotatable bonds is 13. The summed E-state index contributed by atoms with van der Waals surface area (Å²) in [5.41, 5.74) is 2.92. The van der Waals surface area contributed by atoms with E-state index in [1.54, 1.807) is 37.3 Å². The van der Waals surface area contributed by atoms with E-state index in [4.69, 9.17) is 30.1 Å². The van der Waals surface area contributed by atoms with Crippen molar-refractivity contribution >= 4 is 32.7 Å². The molecule has 2 unspecified atom stereocenters. The molecule has 2 aromatic carbocycles. The lowest BCUT2D eigenvalue weighted by molar-refractivity contribution is 0.260. The van der Waals surface area contributed by atoms with E-state index < -0.39 is 20.5 Å². The summed E-state index contributed by atoms with van der Waals surface area (Å²) in [6, 6.07) is 14.8. The van der Waals surface area contributed by atoms with Gasteiger partial charge in [0, 0.05) is 20.8 Å². The molecule has 192 valence electrons. The van der Waals surface area contributed by atoms with Gasteiger partial charge in [0.1, 0.15) is 11.5 Å². The molecule has 0 radical (unpaired) electrons. The molecule has 1 N–H and O–H groups in total. The topological polar surface area (TPSA) is 81.6 Å². The minimum Gasteiger partial charge on any atom is -0.497 e. The van der Waals surface area contributed by atoms with Crippen molar-refractivity contribution in [2.75, 3.05) is 34.9 Å². The number of nitrogens with one attached hydrogen (secondary N) is 1. The number of methoxy groups -OCH3 is 1. The molecule has 2 atom stereocenters. The van der Waals surface area contributed by atoms with E-state index in [0.29, 0.717) is 12.3 Å². The Hall–Kier alpha value is -2.38. The lowest BCUT2D eigenvalue weighted by Gasteiger charge is -2.26. The Kier molecular flexibility index (Phi) is 10.8. The fourth-order valence-corrected chi connectivity index (χ4v) is 5.83. The van der Waals surface area contributed by atoms with Gasteiger partial charge in [0.25, 0.3) is 0 Å². The molecule has 0 aliphatic heterocycles. The number of allylic oxidation sites excluding steroid dienone is 3. The quantitative estimate of drug-likeness (QED) is 0.181. The van der Waals surface area contributed by atoms with Crippen LogP contribution in [-0.4, -0.2) is 45.9 Å². The molecule has 0 fully saturated rings. The van der Waals surface area contributed by atoms with E-state index in [9.17, 15) is 4.57 Å². The number of nitrogens with zero attached hydrogens (tertiary/aromatic N) is 2. The highest BCUT2D eigenvalue weighted by Crippen LogP contribution is 2.58. The first-order valence-electron chi connectivity index (χ1n) is 11.3. The number of hydrogen-bond donors (Lipinski definition) is 1. The molecule has 36 heavy (non-hydrogen) atoms. The van der Waals surface area contributed by atoms with E-state index in [-0.39, 0.29) is 0 Å². The second kappa shape index (κ2) is 13.8. The molecular formula is C25H32N3O5P2S+. The van der Waals surface area contributed by atoms with Crippen molar-refractivity contribution < 1.29 is 22.9 Å². The van der Waals surface area contributed by atoms with Gasteiger partial charge in [-0.1, -0.05) is 40.7 Å². The molecule has 11 heteroatoms. The zero-order valence-electron chi connectivity index (χ0n) is 20.9. The Morgan fingerprint density at radius 1 is 1.11 bits per heavy atom. The number of hydrazone groups is 1. The van der Waals surface area contributed by atoms with Gasteiger partial charge >= 0.3 is 14.7 Å². The monoisotopic (exact) mass is 548 g/mol. The highest BCUT2D eigenvalue weighted by atomic mass is 32.4. The third-order valence-corrected chi connectivity index (χ3v) is 9.56. The molecule has 0 heterocycles. The van der Waals surface area contributed by atoms with Gasteiger partial charge in [0.05, 0.1) is 20.4 Å². The first kappa shape index (κ1) is 28.2. The Labute approximate surface area is 219 Å². The molecule has 1 aliphatic rings. The van der Waals surface area contributed by atoms with Crippen LogP contribution in [0.1, 0.15) is 29.8 Å². The molecule has 0 saturated heterocycles. The van der Waals surface area contributed by atoms with Crippen LogP contribution in [0.4, 0.5) is 0 Å². The van der Waals surface area contributed by atoms with Gasteiger partial charge in [-0.05, 0) is 60.4 Å². The van der Waals surface area contributed by atoms with Crippen LogP contribution >= 0.6 is 14.7 Å². The number of hydrogen-bond acceptors (Lipinski definition) is 8. The van der Waals surface area contributed by atoms with Crippen molar-refractivity contribution in [2.45, 2.75) is 18.6 Å². The summed E-state index contributed by atoms with van der Waals surface area (Å²) in [4.78, 5) is 0. The van der Waals surface area contributed by atoms with Crippen LogP contribution in [0.25, 0.3) is 0 Å². The molecule has 3 rings (SSSR count). The van der Waals surface area contributed by atoms with Crippen molar-refractivity contribution in [3.05, 3.63) is 83.5 Å². The Morgan fingerprint density at radius 2 is 1.78 bits per heavy atom. The highest BCUT2D eigenvalue weighted by molar-refractivity contribution is 8.02. The Morgan fingerprint density at radius 3 is 2.36 bits per heavy atom. The van der Waals surface area contributed by atoms with Crippen LogP contribution in [0.3, 0.4) is 0 Å². The summed E-state index contributed by atoms with van der Waals surface area (Å²) >= 11 is 5.52. The molecule has 0 saturated carbocycles. The second-order valence-corrected chi connectivity index (χ2v) is 12.4. The van der Waals surface area contributed by atoms with Gasteiger partial charge in [-0.25, -0.2) is 0 Å². The van der Waals surface area contributed by atoms with Gasteiger partial charge in [-0.15, -0.1) is 5.10 Å². The van der Waals surface area contributed by atoms with Crippen LogP contribution in [-0.2, 0) is 25.4 Å². The van der Waals surface area contributed by atoms with Crippen molar-refractivity contribution in [3.8, 4) is 11.5 Å². The average molecular weight is 549 g/mol. The molecule has 0 aromatic heterocycles. The van der Waals surface area contributed by atoms with E-state index >= 15 is 0 Å². The van der Waals surface area contributed by atoms with Crippen molar-refractivity contribution in [2.24, 2.45) is 5.10 Å². The maximum atomic E-state index is 13.3. The van der Waals surface area contributed by atoms with E-state index in [0.717, 1.165) is 29.7 Å². The summed E-state index contributed by atoms with van der Waals surface area (Å²) in [6.07, 6.45) is 9.93. The predicted octanol–water partition coefficient (Wildman–Crippen LogP) is 6.16. The summed E-state index contributed by atoms with van der Waals surface area (Å²) in [5, 5.41) is 7.75. The van der Waals surface area contributed by atoms with Crippen LogP contribution in [0.15, 0.2) is 77.4 Å². The lowest BCUT2D eigenvalue weighted by Crippen LogP contribution is -2.25. The summed E-state index contributed by atoms with van der Waals surface area (Å²) < 4.78 is 36.6. The third-order valence-electron chi connectivity index (χ3n) is 5.55. The predicted molar refractivity (Wildman–Crippen MR) is 149 cm³/mol. The minimum absolute atomic E-state index is 0.582. The van der Waals surface area contributed by atoms with Gasteiger partial charge in [0.2, 0.25) is 11.8 Å². The molecule has 1 aliphatic carbocycles. The minimum atomic E-state index is -3.43. The molecule has 2 aromatic rings. The van der Waals surface area contributed by atoms with E-state index in [1.165, 1.54) is 19.8 Å². The molecule has 8 nitrogen and oxygen atoms in total. The van der Waals surface area contributed by atoms with Crippen molar-refractivity contribution in [1.82, 2.24) is 10.1 Å². The first-order valence-corrected chi connectivity index (χ1v) is 15.2. The summed E-state index contributed by atoms with van der Waals surface area (Å²) in [6.45, 7) is 0.582. The van der Waals surface area contributed by atoms with Gasteiger partial charge in [-0.3, -0.25) is 14.4 Å². The third kappa shape index (κ3) is 7.81. The lowest BCUT2D eigenvalue weighted by atomic mass is 10.1. The van der Waals surface area contributed by atoms with Gasteiger partial charge < -0.3 is 13.8 Å². The Balaban J connectivity index is 1.66. The molecule has 0 amide bonds. The van der Waals surface area contributed by atoms with Crippen LogP contribution in [0.5, 0.6) is 11.5 Å². The van der Waals surface area contributed by atoms with Gasteiger partial charge in [0.15, 0.2) is 5.75 Å². The standard InChI is InChI=1S/C25H32N3O5P2S/c1-28(27-19-21-10-14-23(30-2)15-11-21)34(36)33-24-16-12-22(13-17-24)25(35(29,31-3)32-4)26-18-20-8-6-5-7-9-20/h5-6,8,10-17,19,25-26H,7,9,18H2,1-4H3/q+1/b27-19-.